The van der Waals surface area contributed by atoms with Crippen LogP contribution in [0.25, 0.3) is 0 Å². The van der Waals surface area contributed by atoms with E-state index in [0.717, 1.165) is 72.6 Å². The van der Waals surface area contributed by atoms with Crippen molar-refractivity contribution in [3.05, 3.63) is 48.5 Å². The highest BCUT2D eigenvalue weighted by atomic mass is 33.1. The van der Waals surface area contributed by atoms with Gasteiger partial charge < -0.3 is 29.6 Å². The van der Waals surface area contributed by atoms with E-state index >= 15 is 0 Å². The fourth-order valence-electron chi connectivity index (χ4n) is 3.14. The lowest BCUT2D eigenvalue weighted by Crippen LogP contribution is -2.23. The lowest BCUT2D eigenvalue weighted by Gasteiger charge is -2.09. The zero-order valence-corrected chi connectivity index (χ0v) is 23.4. The molecule has 2 aromatic rings. The minimum Gasteiger partial charge on any atom is -0.497 e. The SMILES string of the molecule is COc1ccc(OCCCCNCCOS(=O)(=O)SCCNCCCCOc2ccc(OC)cc2)cc1. The zero-order chi connectivity index (χ0) is 26.6. The van der Waals surface area contributed by atoms with Crippen LogP contribution in [-0.2, 0) is 13.3 Å². The monoisotopic (exact) mass is 556 g/mol. The average molecular weight is 557 g/mol. The predicted octanol–water partition coefficient (Wildman–Crippen LogP) is 3.90. The Labute approximate surface area is 225 Å². The summed E-state index contributed by atoms with van der Waals surface area (Å²) in [5.41, 5.74) is 0. The number of rotatable bonds is 22. The lowest BCUT2D eigenvalue weighted by atomic mass is 10.3. The third-order valence-electron chi connectivity index (χ3n) is 5.17. The number of methoxy groups -OCH3 is 2. The van der Waals surface area contributed by atoms with Crippen molar-refractivity contribution in [2.45, 2.75) is 25.7 Å². The summed E-state index contributed by atoms with van der Waals surface area (Å²) in [6.07, 6.45) is 3.69. The first-order valence-corrected chi connectivity index (χ1v) is 15.4. The Morgan fingerprint density at radius 2 is 1.08 bits per heavy atom. The fourth-order valence-corrected chi connectivity index (χ4v) is 5.20. The Hall–Kier alpha value is -2.18. The van der Waals surface area contributed by atoms with Crippen LogP contribution in [0.3, 0.4) is 0 Å². The Morgan fingerprint density at radius 3 is 1.57 bits per heavy atom. The molecule has 0 aliphatic rings. The molecule has 0 bridgehead atoms. The molecular weight excluding hydrogens is 516 g/mol. The van der Waals surface area contributed by atoms with Crippen molar-refractivity contribution in [2.24, 2.45) is 0 Å². The zero-order valence-electron chi connectivity index (χ0n) is 21.8. The van der Waals surface area contributed by atoms with Crippen LogP contribution < -0.4 is 29.6 Å². The second-order valence-corrected chi connectivity index (χ2v) is 11.6. The topological polar surface area (TPSA) is 104 Å². The molecule has 0 unspecified atom stereocenters. The number of unbranched alkanes of at least 4 members (excludes halogenated alkanes) is 2. The number of hydrogen-bond acceptors (Lipinski definition) is 10. The van der Waals surface area contributed by atoms with E-state index in [1.807, 2.05) is 48.5 Å². The number of nitrogens with one attached hydrogen (secondary N) is 2. The first-order valence-electron chi connectivity index (χ1n) is 12.5. The molecule has 9 nitrogen and oxygen atoms in total. The highest BCUT2D eigenvalue weighted by Gasteiger charge is 2.11. The van der Waals surface area contributed by atoms with Crippen LogP contribution in [0.4, 0.5) is 0 Å². The molecule has 0 fully saturated rings. The molecule has 0 amide bonds. The molecule has 0 spiro atoms. The summed E-state index contributed by atoms with van der Waals surface area (Å²) in [7, 11) is 0.511. The highest BCUT2D eigenvalue weighted by Crippen LogP contribution is 2.18. The van der Waals surface area contributed by atoms with Crippen molar-refractivity contribution in [3.8, 4) is 23.0 Å². The van der Waals surface area contributed by atoms with E-state index in [2.05, 4.69) is 10.6 Å². The molecule has 0 saturated heterocycles. The molecule has 0 aliphatic carbocycles. The molecule has 0 aromatic heterocycles. The summed E-state index contributed by atoms with van der Waals surface area (Å²) < 4.78 is 50.6. The van der Waals surface area contributed by atoms with Gasteiger partial charge in [0.25, 0.3) is 0 Å². The number of benzene rings is 2. The lowest BCUT2D eigenvalue weighted by molar-refractivity contribution is 0.301. The summed E-state index contributed by atoms with van der Waals surface area (Å²) in [6.45, 7) is 4.05. The quantitative estimate of drug-likeness (QED) is 0.164. The van der Waals surface area contributed by atoms with Crippen molar-refractivity contribution < 1.29 is 31.5 Å². The van der Waals surface area contributed by atoms with Crippen molar-refractivity contribution >= 4 is 19.9 Å². The van der Waals surface area contributed by atoms with E-state index in [9.17, 15) is 8.42 Å². The fraction of sp³-hybridized carbons (Fsp3) is 0.538. The first kappa shape index (κ1) is 31.0. The predicted molar refractivity (Wildman–Crippen MR) is 149 cm³/mol. The summed E-state index contributed by atoms with van der Waals surface area (Å²) >= 11 is 0. The second kappa shape index (κ2) is 19.0. The average Bonchev–Trinajstić information content (AvgIpc) is 2.91. The van der Waals surface area contributed by atoms with Gasteiger partial charge >= 0.3 is 9.15 Å². The van der Waals surface area contributed by atoms with Crippen LogP contribution in [0.1, 0.15) is 25.7 Å². The normalized spacial score (nSPS) is 11.3. The Morgan fingerprint density at radius 1 is 0.622 bits per heavy atom. The molecule has 2 N–H and O–H groups in total. The number of hydrogen-bond donors (Lipinski definition) is 2. The number of ether oxygens (including phenoxy) is 4. The molecule has 11 heteroatoms. The first-order chi connectivity index (χ1) is 18.0. The van der Waals surface area contributed by atoms with E-state index in [-0.39, 0.29) is 6.61 Å². The largest absolute Gasteiger partial charge is 0.497 e. The van der Waals surface area contributed by atoms with E-state index in [0.29, 0.717) is 32.1 Å². The molecule has 2 rings (SSSR count). The van der Waals surface area contributed by atoms with Crippen molar-refractivity contribution in [1.82, 2.24) is 10.6 Å². The summed E-state index contributed by atoms with van der Waals surface area (Å²) in [5, 5.41) is 6.44. The standard InChI is InChI=1S/C26H40N2O7S2/c1-31-23-7-11-25(12-8-23)33-19-5-3-15-27-17-21-35-37(29,30)36-22-18-28-16-4-6-20-34-26-13-9-24(32-2)10-14-26/h7-14,27-28H,3-6,15-22H2,1-2H3. The molecule has 2 aromatic carbocycles. The van der Waals surface area contributed by atoms with E-state index < -0.39 is 9.15 Å². The maximum atomic E-state index is 12.0. The van der Waals surface area contributed by atoms with Gasteiger partial charge in [0.2, 0.25) is 0 Å². The van der Waals surface area contributed by atoms with Crippen molar-refractivity contribution in [2.75, 3.05) is 66.0 Å². The van der Waals surface area contributed by atoms with Crippen molar-refractivity contribution in [3.63, 3.8) is 0 Å². The molecule has 37 heavy (non-hydrogen) atoms. The van der Waals surface area contributed by atoms with Gasteiger partial charge in [-0.1, -0.05) is 0 Å². The van der Waals surface area contributed by atoms with Crippen LogP contribution in [0.5, 0.6) is 23.0 Å². The van der Waals surface area contributed by atoms with Gasteiger partial charge in [-0.15, -0.1) is 0 Å². The van der Waals surface area contributed by atoms with E-state index in [1.54, 1.807) is 14.2 Å². The summed E-state index contributed by atoms with van der Waals surface area (Å²) in [5.74, 6) is 3.68. The minimum absolute atomic E-state index is 0.124. The molecule has 0 saturated carbocycles. The Bertz CT molecular complexity index is 871. The van der Waals surface area contributed by atoms with Crippen LogP contribution in [-0.4, -0.2) is 74.4 Å². The van der Waals surface area contributed by atoms with Gasteiger partial charge in [0, 0.05) is 18.8 Å². The molecule has 0 heterocycles. The third-order valence-corrected chi connectivity index (χ3v) is 7.93. The smallest absolute Gasteiger partial charge is 0.322 e. The van der Waals surface area contributed by atoms with Gasteiger partial charge in [-0.2, -0.15) is 8.42 Å². The van der Waals surface area contributed by atoms with Gasteiger partial charge in [0.1, 0.15) is 23.0 Å². The minimum atomic E-state index is -3.58. The van der Waals surface area contributed by atoms with Crippen LogP contribution in [0.2, 0.25) is 0 Å². The molecule has 0 aliphatic heterocycles. The molecular formula is C26H40N2O7S2. The maximum Gasteiger partial charge on any atom is 0.322 e. The maximum absolute atomic E-state index is 12.0. The van der Waals surface area contributed by atoms with Gasteiger partial charge in [0.05, 0.1) is 34.0 Å². The second-order valence-electron chi connectivity index (χ2n) is 8.01. The van der Waals surface area contributed by atoms with Crippen LogP contribution in [0.15, 0.2) is 48.5 Å². The molecule has 0 radical (unpaired) electrons. The van der Waals surface area contributed by atoms with Crippen molar-refractivity contribution in [1.29, 1.82) is 0 Å². The van der Waals surface area contributed by atoms with Crippen LogP contribution in [0, 0.1) is 0 Å². The Kier molecular flexibility index (Phi) is 15.9. The van der Waals surface area contributed by atoms with E-state index in [1.165, 1.54) is 0 Å². The van der Waals surface area contributed by atoms with Gasteiger partial charge in [-0.3, -0.25) is 4.18 Å². The molecule has 0 atom stereocenters. The van der Waals surface area contributed by atoms with Gasteiger partial charge in [0.15, 0.2) is 0 Å². The van der Waals surface area contributed by atoms with E-state index in [4.69, 9.17) is 23.1 Å². The van der Waals surface area contributed by atoms with Crippen LogP contribution >= 0.6 is 10.8 Å². The summed E-state index contributed by atoms with van der Waals surface area (Å²) in [4.78, 5) is 0. The van der Waals surface area contributed by atoms with Gasteiger partial charge in [-0.25, -0.2) is 0 Å². The third kappa shape index (κ3) is 15.0. The highest BCUT2D eigenvalue weighted by molar-refractivity contribution is 8.70. The molecule has 208 valence electrons. The Balaban J connectivity index is 1.35. The van der Waals surface area contributed by atoms with Gasteiger partial charge in [-0.05, 0) is 98.1 Å². The summed E-state index contributed by atoms with van der Waals surface area (Å²) in [6, 6.07) is 15.0.